The normalized spacial score (nSPS) is 12.0. The lowest BCUT2D eigenvalue weighted by Gasteiger charge is -2.32. The largest absolute Gasteiger partial charge is 0.354 e. The van der Waals surface area contributed by atoms with E-state index in [4.69, 9.17) is 23.2 Å². The van der Waals surface area contributed by atoms with E-state index >= 15 is 0 Å². The zero-order valence-electron chi connectivity index (χ0n) is 20.9. The Morgan fingerprint density at radius 1 is 1.00 bits per heavy atom. The van der Waals surface area contributed by atoms with E-state index in [9.17, 15) is 18.0 Å². The van der Waals surface area contributed by atoms with Crippen LogP contribution >= 0.6 is 39.1 Å². The third kappa shape index (κ3) is 7.50. The molecule has 0 bridgehead atoms. The van der Waals surface area contributed by atoms with Gasteiger partial charge in [0, 0.05) is 22.6 Å². The Morgan fingerprint density at radius 2 is 1.66 bits per heavy atom. The number of carbonyl (C=O) groups is 2. The molecule has 2 amide bonds. The first kappa shape index (κ1) is 30.0. The molecule has 0 spiro atoms. The lowest BCUT2D eigenvalue weighted by molar-refractivity contribution is -0.139. The van der Waals surface area contributed by atoms with Crippen molar-refractivity contribution in [3.05, 3.63) is 92.9 Å². The molecule has 0 fully saturated rings. The standard InChI is InChI=1S/C27H28BrCl2N3O4S/c1-3-15-31-27(35)19(2)32(17-20-9-11-21(28)12-10-20)26(34)18-33(25-16-22(29)13-14-24(25)30)38(36,37)23-7-5-4-6-8-23/h4-14,16,19H,3,15,17-18H2,1-2H3,(H,31,35). The monoisotopic (exact) mass is 639 g/mol. The minimum atomic E-state index is -4.22. The fraction of sp³-hybridized carbons (Fsp3) is 0.259. The first-order valence-electron chi connectivity index (χ1n) is 11.9. The van der Waals surface area contributed by atoms with Gasteiger partial charge in [0.15, 0.2) is 0 Å². The number of rotatable bonds is 11. The molecule has 0 aromatic heterocycles. The van der Waals surface area contributed by atoms with Crippen molar-refractivity contribution in [2.45, 2.75) is 37.8 Å². The van der Waals surface area contributed by atoms with Gasteiger partial charge in [0.05, 0.1) is 15.6 Å². The average Bonchev–Trinajstić information content (AvgIpc) is 2.91. The van der Waals surface area contributed by atoms with Gasteiger partial charge in [-0.1, -0.05) is 76.4 Å². The van der Waals surface area contributed by atoms with Crippen LogP contribution in [0.3, 0.4) is 0 Å². The van der Waals surface area contributed by atoms with Crippen LogP contribution in [0.4, 0.5) is 5.69 Å². The van der Waals surface area contributed by atoms with Crippen molar-refractivity contribution in [2.75, 3.05) is 17.4 Å². The summed E-state index contributed by atoms with van der Waals surface area (Å²) >= 11 is 16.0. The van der Waals surface area contributed by atoms with Crippen LogP contribution in [-0.4, -0.2) is 44.3 Å². The molecular weight excluding hydrogens is 613 g/mol. The van der Waals surface area contributed by atoms with E-state index in [0.717, 1.165) is 20.8 Å². The topological polar surface area (TPSA) is 86.8 Å². The van der Waals surface area contributed by atoms with Crippen LogP contribution in [0.5, 0.6) is 0 Å². The second-order valence-electron chi connectivity index (χ2n) is 8.54. The predicted octanol–water partition coefficient (Wildman–Crippen LogP) is 5.89. The molecule has 3 aromatic rings. The van der Waals surface area contributed by atoms with Gasteiger partial charge in [-0.05, 0) is 61.4 Å². The number of halogens is 3. The number of hydrogen-bond acceptors (Lipinski definition) is 4. The molecule has 38 heavy (non-hydrogen) atoms. The fourth-order valence-corrected chi connectivity index (χ4v) is 5.82. The second kappa shape index (κ2) is 13.5. The van der Waals surface area contributed by atoms with Crippen molar-refractivity contribution in [1.82, 2.24) is 10.2 Å². The summed E-state index contributed by atoms with van der Waals surface area (Å²) < 4.78 is 29.3. The van der Waals surface area contributed by atoms with Crippen LogP contribution in [0.15, 0.2) is 82.2 Å². The maximum absolute atomic E-state index is 13.8. The molecule has 0 aliphatic rings. The molecule has 1 N–H and O–H groups in total. The van der Waals surface area contributed by atoms with E-state index in [1.54, 1.807) is 25.1 Å². The van der Waals surface area contributed by atoms with Crippen LogP contribution in [0.2, 0.25) is 10.0 Å². The highest BCUT2D eigenvalue weighted by molar-refractivity contribution is 9.10. The molecule has 3 aromatic carbocycles. The first-order chi connectivity index (χ1) is 18.0. The lowest BCUT2D eigenvalue weighted by Crippen LogP contribution is -2.51. The molecule has 1 unspecified atom stereocenters. The molecule has 0 saturated carbocycles. The minimum Gasteiger partial charge on any atom is -0.354 e. The molecule has 7 nitrogen and oxygen atoms in total. The van der Waals surface area contributed by atoms with Crippen LogP contribution in [0.25, 0.3) is 0 Å². The third-order valence-corrected chi connectivity index (χ3v) is 8.63. The van der Waals surface area contributed by atoms with Crippen LogP contribution in [0.1, 0.15) is 25.8 Å². The molecule has 3 rings (SSSR count). The number of carbonyl (C=O) groups excluding carboxylic acids is 2. The van der Waals surface area contributed by atoms with E-state index in [0.29, 0.717) is 6.54 Å². The molecule has 1 atom stereocenters. The second-order valence-corrected chi connectivity index (χ2v) is 12.2. The van der Waals surface area contributed by atoms with Gasteiger partial charge in [0.25, 0.3) is 10.0 Å². The minimum absolute atomic E-state index is 0.0166. The van der Waals surface area contributed by atoms with Crippen LogP contribution < -0.4 is 9.62 Å². The lowest BCUT2D eigenvalue weighted by atomic mass is 10.1. The summed E-state index contributed by atoms with van der Waals surface area (Å²) in [5.74, 6) is -0.918. The molecule has 202 valence electrons. The Labute approximate surface area is 241 Å². The zero-order chi connectivity index (χ0) is 27.9. The fourth-order valence-electron chi connectivity index (χ4n) is 3.68. The summed E-state index contributed by atoms with van der Waals surface area (Å²) in [4.78, 5) is 28.1. The van der Waals surface area contributed by atoms with E-state index in [2.05, 4.69) is 21.2 Å². The quantitative estimate of drug-likeness (QED) is 0.283. The molecule has 0 aliphatic heterocycles. The van der Waals surface area contributed by atoms with Crippen molar-refractivity contribution in [3.8, 4) is 0 Å². The summed E-state index contributed by atoms with van der Waals surface area (Å²) in [5.41, 5.74) is 0.831. The van der Waals surface area contributed by atoms with Crippen molar-refractivity contribution < 1.29 is 18.0 Å². The van der Waals surface area contributed by atoms with Crippen molar-refractivity contribution in [3.63, 3.8) is 0 Å². The van der Waals surface area contributed by atoms with Gasteiger partial charge in [-0.25, -0.2) is 8.42 Å². The van der Waals surface area contributed by atoms with Gasteiger partial charge in [-0.3, -0.25) is 13.9 Å². The van der Waals surface area contributed by atoms with Crippen LogP contribution in [0, 0.1) is 0 Å². The smallest absolute Gasteiger partial charge is 0.264 e. The van der Waals surface area contributed by atoms with E-state index in [1.807, 2.05) is 31.2 Å². The van der Waals surface area contributed by atoms with Gasteiger partial charge >= 0.3 is 0 Å². The van der Waals surface area contributed by atoms with Gasteiger partial charge in [0.2, 0.25) is 11.8 Å². The summed E-state index contributed by atoms with van der Waals surface area (Å²) in [6.45, 7) is 3.49. The van der Waals surface area contributed by atoms with Gasteiger partial charge < -0.3 is 10.2 Å². The number of amides is 2. The van der Waals surface area contributed by atoms with Crippen molar-refractivity contribution in [2.24, 2.45) is 0 Å². The van der Waals surface area contributed by atoms with Gasteiger partial charge in [-0.15, -0.1) is 0 Å². The Balaban J connectivity index is 2.04. The van der Waals surface area contributed by atoms with Gasteiger partial charge in [-0.2, -0.15) is 0 Å². The number of nitrogens with zero attached hydrogens (tertiary/aromatic N) is 2. The molecule has 0 saturated heterocycles. The first-order valence-corrected chi connectivity index (χ1v) is 14.9. The molecule has 0 radical (unpaired) electrons. The Kier molecular flexibility index (Phi) is 10.6. The molecule has 0 heterocycles. The van der Waals surface area contributed by atoms with Crippen molar-refractivity contribution >= 4 is 66.7 Å². The predicted molar refractivity (Wildman–Crippen MR) is 155 cm³/mol. The average molecular weight is 641 g/mol. The van der Waals surface area contributed by atoms with Gasteiger partial charge in [0.1, 0.15) is 12.6 Å². The van der Waals surface area contributed by atoms with E-state index in [-0.39, 0.29) is 33.1 Å². The number of anilines is 1. The Bertz CT molecular complexity index is 1370. The highest BCUT2D eigenvalue weighted by atomic mass is 79.9. The SMILES string of the molecule is CCCNC(=O)C(C)N(Cc1ccc(Br)cc1)C(=O)CN(c1cc(Cl)ccc1Cl)S(=O)(=O)c1ccccc1. The number of benzene rings is 3. The van der Waals surface area contributed by atoms with E-state index in [1.165, 1.54) is 35.2 Å². The molecule has 11 heteroatoms. The molecule has 0 aliphatic carbocycles. The highest BCUT2D eigenvalue weighted by Crippen LogP contribution is 2.33. The zero-order valence-corrected chi connectivity index (χ0v) is 24.8. The number of hydrogen-bond donors (Lipinski definition) is 1. The Hall–Kier alpha value is -2.59. The number of nitrogens with one attached hydrogen (secondary N) is 1. The van der Waals surface area contributed by atoms with Crippen molar-refractivity contribution in [1.29, 1.82) is 0 Å². The maximum atomic E-state index is 13.8. The number of sulfonamides is 1. The third-order valence-electron chi connectivity index (χ3n) is 5.77. The van der Waals surface area contributed by atoms with Crippen LogP contribution in [-0.2, 0) is 26.2 Å². The summed E-state index contributed by atoms with van der Waals surface area (Å²) in [5, 5.41) is 3.17. The highest BCUT2D eigenvalue weighted by Gasteiger charge is 2.33. The molecular formula is C27H28BrCl2N3O4S. The summed E-state index contributed by atoms with van der Waals surface area (Å²) in [6.07, 6.45) is 0.732. The Morgan fingerprint density at radius 3 is 2.29 bits per heavy atom. The summed E-state index contributed by atoms with van der Waals surface area (Å²) in [6, 6.07) is 18.6. The summed E-state index contributed by atoms with van der Waals surface area (Å²) in [7, 11) is -4.22. The maximum Gasteiger partial charge on any atom is 0.264 e. The van der Waals surface area contributed by atoms with E-state index < -0.39 is 28.5 Å².